The van der Waals surface area contributed by atoms with Crippen molar-refractivity contribution in [3.05, 3.63) is 65.7 Å². The molecule has 2 heterocycles. The summed E-state index contributed by atoms with van der Waals surface area (Å²) in [6, 6.07) is 11.4. The van der Waals surface area contributed by atoms with Crippen molar-refractivity contribution in [3.63, 3.8) is 0 Å². The van der Waals surface area contributed by atoms with Crippen LogP contribution in [0.5, 0.6) is 5.75 Å². The molecular weight excluding hydrogens is 224 g/mol. The minimum absolute atomic E-state index is 0.296. The van der Waals surface area contributed by atoms with E-state index in [2.05, 4.69) is 34.6 Å². The smallest absolute Gasteiger partial charge is 0.117 e. The summed E-state index contributed by atoms with van der Waals surface area (Å²) in [7, 11) is 0. The quantitative estimate of drug-likeness (QED) is 0.745. The minimum atomic E-state index is 0.296. The Bertz CT molecular complexity index is 701. The molecule has 0 saturated heterocycles. The van der Waals surface area contributed by atoms with Crippen LogP contribution in [-0.2, 0) is 6.42 Å². The summed E-state index contributed by atoms with van der Waals surface area (Å²) >= 11 is 0. The second-order valence-electron chi connectivity index (χ2n) is 4.52. The van der Waals surface area contributed by atoms with E-state index in [0.29, 0.717) is 12.2 Å². The van der Waals surface area contributed by atoms with Gasteiger partial charge in [-0.15, -0.1) is 0 Å². The topological polar surface area (TPSA) is 37.5 Å². The summed E-state index contributed by atoms with van der Waals surface area (Å²) in [6.07, 6.45) is 4.67. The van der Waals surface area contributed by atoms with Crippen molar-refractivity contribution in [2.24, 2.45) is 0 Å². The molecule has 1 N–H and O–H groups in total. The highest BCUT2D eigenvalue weighted by atomic mass is 16.3. The Morgan fingerprint density at radius 2 is 2.11 bits per heavy atom. The zero-order valence-electron chi connectivity index (χ0n) is 10.2. The summed E-state index contributed by atoms with van der Waals surface area (Å²) < 4.78 is 2.10. The van der Waals surface area contributed by atoms with E-state index < -0.39 is 0 Å². The van der Waals surface area contributed by atoms with Crippen LogP contribution in [0, 0.1) is 6.92 Å². The SMILES string of the molecule is Cc1ccc2cnc(Cc3cccc(O)c3)n2c1. The molecule has 0 saturated carbocycles. The Kier molecular flexibility index (Phi) is 2.52. The lowest BCUT2D eigenvalue weighted by atomic mass is 10.1. The molecule has 90 valence electrons. The summed E-state index contributed by atoms with van der Waals surface area (Å²) in [5, 5.41) is 9.47. The van der Waals surface area contributed by atoms with Crippen LogP contribution < -0.4 is 0 Å². The maximum Gasteiger partial charge on any atom is 0.117 e. The summed E-state index contributed by atoms with van der Waals surface area (Å²) in [6.45, 7) is 2.07. The molecule has 0 spiro atoms. The van der Waals surface area contributed by atoms with E-state index in [4.69, 9.17) is 0 Å². The molecule has 3 aromatic rings. The number of imidazole rings is 1. The van der Waals surface area contributed by atoms with Crippen LogP contribution in [0.25, 0.3) is 5.52 Å². The minimum Gasteiger partial charge on any atom is -0.508 e. The number of nitrogens with zero attached hydrogens (tertiary/aromatic N) is 2. The van der Waals surface area contributed by atoms with Crippen LogP contribution in [-0.4, -0.2) is 14.5 Å². The third-order valence-electron chi connectivity index (χ3n) is 3.02. The normalized spacial score (nSPS) is 10.9. The van der Waals surface area contributed by atoms with Gasteiger partial charge in [0.05, 0.1) is 11.7 Å². The molecule has 0 aliphatic rings. The van der Waals surface area contributed by atoms with Crippen molar-refractivity contribution < 1.29 is 5.11 Å². The number of fused-ring (bicyclic) bond motifs is 1. The molecule has 0 bridgehead atoms. The van der Waals surface area contributed by atoms with E-state index >= 15 is 0 Å². The van der Waals surface area contributed by atoms with Gasteiger partial charge in [-0.1, -0.05) is 18.2 Å². The van der Waals surface area contributed by atoms with Gasteiger partial charge in [0.1, 0.15) is 11.6 Å². The third-order valence-corrected chi connectivity index (χ3v) is 3.02. The Balaban J connectivity index is 2.02. The van der Waals surface area contributed by atoms with Gasteiger partial charge in [-0.05, 0) is 36.2 Å². The Morgan fingerprint density at radius 3 is 2.94 bits per heavy atom. The zero-order valence-corrected chi connectivity index (χ0v) is 10.2. The highest BCUT2D eigenvalue weighted by Gasteiger charge is 2.05. The fourth-order valence-electron chi connectivity index (χ4n) is 2.13. The predicted molar refractivity (Wildman–Crippen MR) is 70.8 cm³/mol. The van der Waals surface area contributed by atoms with E-state index in [1.807, 2.05) is 18.3 Å². The number of hydrogen-bond acceptors (Lipinski definition) is 2. The van der Waals surface area contributed by atoms with Crippen LogP contribution in [0.3, 0.4) is 0 Å². The average Bonchev–Trinajstić information content (AvgIpc) is 2.72. The molecule has 0 aliphatic heterocycles. The number of phenolic OH excluding ortho intramolecular Hbond substituents is 1. The number of pyridine rings is 1. The number of benzene rings is 1. The number of aromatic hydroxyl groups is 1. The van der Waals surface area contributed by atoms with Gasteiger partial charge in [-0.3, -0.25) is 0 Å². The van der Waals surface area contributed by atoms with Crippen molar-refractivity contribution >= 4 is 5.52 Å². The van der Waals surface area contributed by atoms with Crippen molar-refractivity contribution in [3.8, 4) is 5.75 Å². The molecule has 18 heavy (non-hydrogen) atoms. The highest BCUT2D eigenvalue weighted by Crippen LogP contribution is 2.16. The van der Waals surface area contributed by atoms with Crippen LogP contribution in [0.15, 0.2) is 48.8 Å². The Hall–Kier alpha value is -2.29. The second-order valence-corrected chi connectivity index (χ2v) is 4.52. The lowest BCUT2D eigenvalue weighted by Crippen LogP contribution is -1.96. The van der Waals surface area contributed by atoms with E-state index in [0.717, 1.165) is 16.9 Å². The molecule has 3 nitrogen and oxygen atoms in total. The monoisotopic (exact) mass is 238 g/mol. The number of rotatable bonds is 2. The summed E-state index contributed by atoms with van der Waals surface area (Å²) in [4.78, 5) is 4.44. The summed E-state index contributed by atoms with van der Waals surface area (Å²) in [5.74, 6) is 1.28. The predicted octanol–water partition coefficient (Wildman–Crippen LogP) is 2.94. The van der Waals surface area contributed by atoms with Gasteiger partial charge in [-0.25, -0.2) is 4.98 Å². The van der Waals surface area contributed by atoms with Gasteiger partial charge in [-0.2, -0.15) is 0 Å². The molecule has 3 rings (SSSR count). The van der Waals surface area contributed by atoms with Crippen LogP contribution >= 0.6 is 0 Å². The Labute approximate surface area is 105 Å². The average molecular weight is 238 g/mol. The molecular formula is C15H14N2O. The van der Waals surface area contributed by atoms with Crippen LogP contribution in [0.1, 0.15) is 17.0 Å². The zero-order chi connectivity index (χ0) is 12.5. The lowest BCUT2D eigenvalue weighted by molar-refractivity contribution is 0.474. The van der Waals surface area contributed by atoms with E-state index in [1.54, 1.807) is 12.1 Å². The first-order valence-corrected chi connectivity index (χ1v) is 5.93. The maximum absolute atomic E-state index is 9.47. The van der Waals surface area contributed by atoms with Crippen LogP contribution in [0.2, 0.25) is 0 Å². The van der Waals surface area contributed by atoms with Crippen molar-refractivity contribution in [2.45, 2.75) is 13.3 Å². The largest absolute Gasteiger partial charge is 0.508 e. The van der Waals surface area contributed by atoms with Gasteiger partial charge in [0, 0.05) is 12.6 Å². The second kappa shape index (κ2) is 4.18. The first kappa shape index (κ1) is 10.8. The van der Waals surface area contributed by atoms with Gasteiger partial charge < -0.3 is 9.51 Å². The van der Waals surface area contributed by atoms with Crippen molar-refractivity contribution in [1.29, 1.82) is 0 Å². The molecule has 1 aromatic carbocycles. The fourth-order valence-corrected chi connectivity index (χ4v) is 2.13. The number of aromatic nitrogens is 2. The molecule has 0 radical (unpaired) electrons. The van der Waals surface area contributed by atoms with E-state index in [9.17, 15) is 5.11 Å². The molecule has 0 amide bonds. The van der Waals surface area contributed by atoms with E-state index in [1.165, 1.54) is 5.56 Å². The first-order valence-electron chi connectivity index (χ1n) is 5.93. The molecule has 0 fully saturated rings. The molecule has 0 aliphatic carbocycles. The molecule has 0 atom stereocenters. The number of hydrogen-bond donors (Lipinski definition) is 1. The van der Waals surface area contributed by atoms with Gasteiger partial charge >= 0.3 is 0 Å². The van der Waals surface area contributed by atoms with Gasteiger partial charge in [0.25, 0.3) is 0 Å². The first-order chi connectivity index (χ1) is 8.72. The van der Waals surface area contributed by atoms with Crippen LogP contribution in [0.4, 0.5) is 0 Å². The standard InChI is InChI=1S/C15H14N2O/c1-11-5-6-13-9-16-15(17(13)10-11)8-12-3-2-4-14(18)7-12/h2-7,9-10,18H,8H2,1H3. The number of phenols is 1. The molecule has 2 aromatic heterocycles. The third kappa shape index (κ3) is 1.95. The fraction of sp³-hybridized carbons (Fsp3) is 0.133. The van der Waals surface area contributed by atoms with E-state index in [-0.39, 0.29) is 0 Å². The van der Waals surface area contributed by atoms with Crippen molar-refractivity contribution in [2.75, 3.05) is 0 Å². The summed E-state index contributed by atoms with van der Waals surface area (Å²) in [5.41, 5.74) is 3.36. The molecule has 3 heteroatoms. The number of aryl methyl sites for hydroxylation is 1. The van der Waals surface area contributed by atoms with Gasteiger partial charge in [0.2, 0.25) is 0 Å². The van der Waals surface area contributed by atoms with Crippen molar-refractivity contribution in [1.82, 2.24) is 9.38 Å². The Morgan fingerprint density at radius 1 is 1.22 bits per heavy atom. The maximum atomic E-state index is 9.47. The highest BCUT2D eigenvalue weighted by molar-refractivity contribution is 5.47. The lowest BCUT2D eigenvalue weighted by Gasteiger charge is -2.03. The molecule has 0 unspecified atom stereocenters. The van der Waals surface area contributed by atoms with Gasteiger partial charge in [0.15, 0.2) is 0 Å².